The van der Waals surface area contributed by atoms with Gasteiger partial charge in [0, 0.05) is 17.0 Å². The Hall–Kier alpha value is -1.49. The summed E-state index contributed by atoms with van der Waals surface area (Å²) >= 11 is 4.14. The Labute approximate surface area is 106 Å². The van der Waals surface area contributed by atoms with Gasteiger partial charge >= 0.3 is 0 Å². The highest BCUT2D eigenvalue weighted by molar-refractivity contribution is 7.80. The molecule has 0 spiro atoms. The van der Waals surface area contributed by atoms with E-state index in [2.05, 4.69) is 23.3 Å². The van der Waals surface area contributed by atoms with Crippen LogP contribution in [-0.4, -0.2) is 24.9 Å². The summed E-state index contributed by atoms with van der Waals surface area (Å²) in [5.41, 5.74) is 0.501. The zero-order valence-corrected chi connectivity index (χ0v) is 10.6. The van der Waals surface area contributed by atoms with Crippen LogP contribution in [0.25, 0.3) is 0 Å². The summed E-state index contributed by atoms with van der Waals surface area (Å²) in [5, 5.41) is 5.23. The largest absolute Gasteiger partial charge is 0.355 e. The van der Waals surface area contributed by atoms with Crippen LogP contribution >= 0.6 is 12.6 Å². The monoisotopic (exact) mass is 252 g/mol. The Kier molecular flexibility index (Phi) is 5.56. The summed E-state index contributed by atoms with van der Waals surface area (Å²) in [4.78, 5) is 23.6. The van der Waals surface area contributed by atoms with E-state index in [1.54, 1.807) is 24.3 Å². The van der Waals surface area contributed by atoms with E-state index in [9.17, 15) is 9.59 Å². The minimum Gasteiger partial charge on any atom is -0.355 e. The predicted octanol–water partition coefficient (Wildman–Crippen LogP) is 1.23. The number of nitrogens with one attached hydrogen (secondary N) is 2. The second-order valence-corrected chi connectivity index (χ2v) is 4.10. The van der Waals surface area contributed by atoms with Gasteiger partial charge in [-0.15, -0.1) is 12.6 Å². The summed E-state index contributed by atoms with van der Waals surface area (Å²) in [6.45, 7) is 2.59. The lowest BCUT2D eigenvalue weighted by molar-refractivity contribution is -0.120. The van der Waals surface area contributed by atoms with Gasteiger partial charge in [0.25, 0.3) is 5.91 Å². The summed E-state index contributed by atoms with van der Waals surface area (Å²) in [6.07, 6.45) is 0.876. The van der Waals surface area contributed by atoms with Gasteiger partial charge in [-0.3, -0.25) is 9.59 Å². The van der Waals surface area contributed by atoms with Crippen molar-refractivity contribution in [3.63, 3.8) is 0 Å². The maximum absolute atomic E-state index is 11.7. The highest BCUT2D eigenvalue weighted by Crippen LogP contribution is 2.08. The van der Waals surface area contributed by atoms with Crippen LogP contribution in [0.2, 0.25) is 0 Å². The van der Waals surface area contributed by atoms with E-state index in [1.807, 2.05) is 6.92 Å². The fraction of sp³-hybridized carbons (Fsp3) is 0.333. The van der Waals surface area contributed by atoms with Crippen molar-refractivity contribution in [1.29, 1.82) is 0 Å². The molecule has 92 valence electrons. The quantitative estimate of drug-likeness (QED) is 0.690. The molecular weight excluding hydrogens is 236 g/mol. The van der Waals surface area contributed by atoms with Crippen molar-refractivity contribution in [1.82, 2.24) is 10.6 Å². The molecule has 0 saturated heterocycles. The lowest BCUT2D eigenvalue weighted by Gasteiger charge is -2.06. The predicted molar refractivity (Wildman–Crippen MR) is 69.3 cm³/mol. The number of thiol groups is 1. The molecule has 4 nitrogen and oxygen atoms in total. The number of carbonyl (C=O) groups excluding carboxylic acids is 2. The van der Waals surface area contributed by atoms with Gasteiger partial charge in [0.2, 0.25) is 5.91 Å². The number of carbonyl (C=O) groups is 2. The first-order valence-electron chi connectivity index (χ1n) is 5.47. The highest BCUT2D eigenvalue weighted by atomic mass is 32.1. The van der Waals surface area contributed by atoms with E-state index in [1.165, 1.54) is 0 Å². The molecule has 2 amide bonds. The Morgan fingerprint density at radius 2 is 2.06 bits per heavy atom. The number of rotatable bonds is 5. The van der Waals surface area contributed by atoms with Gasteiger partial charge in [-0.05, 0) is 24.6 Å². The van der Waals surface area contributed by atoms with Gasteiger partial charge in [0.05, 0.1) is 6.54 Å². The van der Waals surface area contributed by atoms with Crippen molar-refractivity contribution in [2.75, 3.05) is 13.1 Å². The first-order valence-corrected chi connectivity index (χ1v) is 5.92. The second-order valence-electron chi connectivity index (χ2n) is 3.58. The molecule has 2 N–H and O–H groups in total. The van der Waals surface area contributed by atoms with E-state index in [0.29, 0.717) is 17.0 Å². The van der Waals surface area contributed by atoms with Crippen LogP contribution < -0.4 is 10.6 Å². The van der Waals surface area contributed by atoms with Gasteiger partial charge in [-0.2, -0.15) is 0 Å². The maximum Gasteiger partial charge on any atom is 0.251 e. The SMILES string of the molecule is CCCNC(=O)CNC(=O)c1cccc(S)c1. The lowest BCUT2D eigenvalue weighted by atomic mass is 10.2. The smallest absolute Gasteiger partial charge is 0.251 e. The van der Waals surface area contributed by atoms with Crippen molar-refractivity contribution in [3.05, 3.63) is 29.8 Å². The molecule has 0 bridgehead atoms. The zero-order chi connectivity index (χ0) is 12.7. The molecule has 0 aliphatic carbocycles. The molecule has 5 heteroatoms. The van der Waals surface area contributed by atoms with Gasteiger partial charge < -0.3 is 10.6 Å². The minimum atomic E-state index is -0.271. The van der Waals surface area contributed by atoms with Crippen LogP contribution in [-0.2, 0) is 4.79 Å². The van der Waals surface area contributed by atoms with E-state index in [0.717, 1.165) is 6.42 Å². The molecule has 0 aliphatic rings. The standard InChI is InChI=1S/C12H16N2O2S/c1-2-6-13-11(15)8-14-12(16)9-4-3-5-10(17)7-9/h3-5,7,17H,2,6,8H2,1H3,(H,13,15)(H,14,16). The molecule has 1 aromatic carbocycles. The lowest BCUT2D eigenvalue weighted by Crippen LogP contribution is -2.37. The van der Waals surface area contributed by atoms with Crippen molar-refractivity contribution in [3.8, 4) is 0 Å². The third-order valence-corrected chi connectivity index (χ3v) is 2.37. The molecule has 0 aromatic heterocycles. The van der Waals surface area contributed by atoms with Crippen molar-refractivity contribution in [2.45, 2.75) is 18.2 Å². The van der Waals surface area contributed by atoms with Crippen LogP contribution in [0.1, 0.15) is 23.7 Å². The first kappa shape index (κ1) is 13.6. The molecular formula is C12H16N2O2S. The Balaban J connectivity index is 2.42. The summed E-state index contributed by atoms with van der Waals surface area (Å²) in [6, 6.07) is 6.86. The molecule has 0 fully saturated rings. The van der Waals surface area contributed by atoms with Gasteiger partial charge in [-0.1, -0.05) is 13.0 Å². The fourth-order valence-corrected chi connectivity index (χ4v) is 1.46. The molecule has 17 heavy (non-hydrogen) atoms. The normalized spacial score (nSPS) is 9.76. The maximum atomic E-state index is 11.7. The Morgan fingerprint density at radius 1 is 1.29 bits per heavy atom. The van der Waals surface area contributed by atoms with Crippen LogP contribution in [0.5, 0.6) is 0 Å². The van der Waals surface area contributed by atoms with E-state index in [-0.39, 0.29) is 18.4 Å². The first-order chi connectivity index (χ1) is 8.13. The molecule has 1 aromatic rings. The topological polar surface area (TPSA) is 58.2 Å². The van der Waals surface area contributed by atoms with Gasteiger partial charge in [0.15, 0.2) is 0 Å². The average molecular weight is 252 g/mol. The summed E-state index contributed by atoms with van der Waals surface area (Å²) < 4.78 is 0. The fourth-order valence-electron chi connectivity index (χ4n) is 1.24. The molecule has 0 unspecified atom stereocenters. The number of amides is 2. The Bertz CT molecular complexity index is 407. The summed E-state index contributed by atoms with van der Waals surface area (Å²) in [7, 11) is 0. The third kappa shape index (κ3) is 4.91. The van der Waals surface area contributed by atoms with E-state index < -0.39 is 0 Å². The van der Waals surface area contributed by atoms with Gasteiger partial charge in [0.1, 0.15) is 0 Å². The van der Waals surface area contributed by atoms with Crippen LogP contribution in [0.4, 0.5) is 0 Å². The minimum absolute atomic E-state index is 0.00433. The average Bonchev–Trinajstić information content (AvgIpc) is 2.33. The Morgan fingerprint density at radius 3 is 2.71 bits per heavy atom. The molecule has 0 radical (unpaired) electrons. The van der Waals surface area contributed by atoms with Crippen LogP contribution in [0.15, 0.2) is 29.2 Å². The highest BCUT2D eigenvalue weighted by Gasteiger charge is 2.07. The van der Waals surface area contributed by atoms with Crippen LogP contribution in [0, 0.1) is 0 Å². The zero-order valence-electron chi connectivity index (χ0n) is 9.69. The number of hydrogen-bond acceptors (Lipinski definition) is 3. The molecule has 0 heterocycles. The van der Waals surface area contributed by atoms with E-state index >= 15 is 0 Å². The van der Waals surface area contributed by atoms with Gasteiger partial charge in [-0.25, -0.2) is 0 Å². The molecule has 0 saturated carbocycles. The number of hydrogen-bond donors (Lipinski definition) is 3. The molecule has 1 rings (SSSR count). The van der Waals surface area contributed by atoms with Crippen molar-refractivity contribution >= 4 is 24.4 Å². The molecule has 0 aliphatic heterocycles. The summed E-state index contributed by atoms with van der Waals surface area (Å²) in [5.74, 6) is -0.449. The van der Waals surface area contributed by atoms with E-state index in [4.69, 9.17) is 0 Å². The van der Waals surface area contributed by atoms with Crippen molar-refractivity contribution < 1.29 is 9.59 Å². The van der Waals surface area contributed by atoms with Crippen LogP contribution in [0.3, 0.4) is 0 Å². The third-order valence-electron chi connectivity index (χ3n) is 2.09. The second kappa shape index (κ2) is 6.96. The van der Waals surface area contributed by atoms with Crippen molar-refractivity contribution in [2.24, 2.45) is 0 Å². The number of benzene rings is 1. The molecule has 0 atom stereocenters.